The van der Waals surface area contributed by atoms with Crippen molar-refractivity contribution in [1.29, 1.82) is 0 Å². The fourth-order valence-electron chi connectivity index (χ4n) is 2.70. The third-order valence-electron chi connectivity index (χ3n) is 4.09. The Kier molecular flexibility index (Phi) is 3.55. The predicted molar refractivity (Wildman–Crippen MR) is 66.7 cm³/mol. The second kappa shape index (κ2) is 4.94. The van der Waals surface area contributed by atoms with Crippen molar-refractivity contribution < 1.29 is 9.21 Å². The van der Waals surface area contributed by atoms with E-state index in [2.05, 4.69) is 26.1 Å². The highest BCUT2D eigenvalue weighted by atomic mass is 16.3. The Morgan fingerprint density at radius 2 is 1.94 bits per heavy atom. The van der Waals surface area contributed by atoms with Crippen LogP contribution < -0.4 is 5.32 Å². The van der Waals surface area contributed by atoms with Crippen molar-refractivity contribution in [2.45, 2.75) is 39.7 Å². The fraction of sp³-hybridized carbons (Fsp3) is 0.643. The summed E-state index contributed by atoms with van der Waals surface area (Å²) in [6.07, 6.45) is 3.78. The van der Waals surface area contributed by atoms with Gasteiger partial charge in [0.1, 0.15) is 0 Å². The van der Waals surface area contributed by atoms with E-state index in [-0.39, 0.29) is 11.9 Å². The molecule has 4 unspecified atom stereocenters. The standard InChI is InChI=1S/C14H21NO2/c1-9-7-11(3)12(8-10(9)2)15-14(16)13-5-4-6-17-13/h4-6,9-12H,7-8H2,1-3H3,(H,15,16). The highest BCUT2D eigenvalue weighted by molar-refractivity contribution is 5.91. The van der Waals surface area contributed by atoms with Crippen molar-refractivity contribution in [3.8, 4) is 0 Å². The van der Waals surface area contributed by atoms with E-state index in [9.17, 15) is 4.79 Å². The van der Waals surface area contributed by atoms with Crippen molar-refractivity contribution in [1.82, 2.24) is 5.32 Å². The molecule has 1 saturated carbocycles. The molecule has 1 N–H and O–H groups in total. The Morgan fingerprint density at radius 1 is 1.24 bits per heavy atom. The van der Waals surface area contributed by atoms with Gasteiger partial charge in [-0.1, -0.05) is 20.8 Å². The van der Waals surface area contributed by atoms with Gasteiger partial charge in [0.05, 0.1) is 6.26 Å². The normalized spacial score (nSPS) is 33.4. The van der Waals surface area contributed by atoms with E-state index in [0.29, 0.717) is 17.6 Å². The summed E-state index contributed by atoms with van der Waals surface area (Å²) >= 11 is 0. The summed E-state index contributed by atoms with van der Waals surface area (Å²) in [6, 6.07) is 3.72. The summed E-state index contributed by atoms with van der Waals surface area (Å²) in [5.41, 5.74) is 0. The first-order chi connectivity index (χ1) is 8.08. The van der Waals surface area contributed by atoms with Gasteiger partial charge >= 0.3 is 0 Å². The van der Waals surface area contributed by atoms with Crippen LogP contribution in [0, 0.1) is 17.8 Å². The fourth-order valence-corrected chi connectivity index (χ4v) is 2.70. The lowest BCUT2D eigenvalue weighted by Gasteiger charge is -2.37. The van der Waals surface area contributed by atoms with Gasteiger partial charge in [-0.05, 0) is 42.7 Å². The van der Waals surface area contributed by atoms with E-state index in [1.54, 1.807) is 12.1 Å². The molecule has 1 heterocycles. The van der Waals surface area contributed by atoms with Crippen LogP contribution in [0.4, 0.5) is 0 Å². The Labute approximate surface area is 103 Å². The highest BCUT2D eigenvalue weighted by Crippen LogP contribution is 2.33. The van der Waals surface area contributed by atoms with Crippen LogP contribution in [0.1, 0.15) is 44.2 Å². The number of hydrogen-bond donors (Lipinski definition) is 1. The van der Waals surface area contributed by atoms with Crippen molar-refractivity contribution in [2.24, 2.45) is 17.8 Å². The van der Waals surface area contributed by atoms with Crippen LogP contribution in [0.15, 0.2) is 22.8 Å². The molecular weight excluding hydrogens is 214 g/mol. The van der Waals surface area contributed by atoms with Crippen LogP contribution in [-0.2, 0) is 0 Å². The minimum atomic E-state index is -0.0893. The molecule has 1 aromatic heterocycles. The molecule has 2 rings (SSSR count). The van der Waals surface area contributed by atoms with Crippen molar-refractivity contribution >= 4 is 5.91 Å². The van der Waals surface area contributed by atoms with Crippen LogP contribution in [0.3, 0.4) is 0 Å². The molecule has 1 fully saturated rings. The van der Waals surface area contributed by atoms with Gasteiger partial charge in [-0.25, -0.2) is 0 Å². The molecule has 1 aliphatic carbocycles. The number of nitrogens with one attached hydrogen (secondary N) is 1. The summed E-state index contributed by atoms with van der Waals surface area (Å²) in [5, 5.41) is 3.09. The molecule has 17 heavy (non-hydrogen) atoms. The van der Waals surface area contributed by atoms with E-state index in [1.165, 1.54) is 12.7 Å². The average Bonchev–Trinajstić information content (AvgIpc) is 2.79. The van der Waals surface area contributed by atoms with Gasteiger partial charge in [0.15, 0.2) is 5.76 Å². The van der Waals surface area contributed by atoms with Crippen molar-refractivity contribution in [3.05, 3.63) is 24.2 Å². The summed E-state index contributed by atoms with van der Waals surface area (Å²) < 4.78 is 5.11. The summed E-state index contributed by atoms with van der Waals surface area (Å²) in [6.45, 7) is 6.78. The molecule has 94 valence electrons. The molecule has 1 amide bonds. The first-order valence-electron chi connectivity index (χ1n) is 6.42. The van der Waals surface area contributed by atoms with E-state index >= 15 is 0 Å². The monoisotopic (exact) mass is 235 g/mol. The van der Waals surface area contributed by atoms with Gasteiger partial charge in [-0.15, -0.1) is 0 Å². The van der Waals surface area contributed by atoms with Crippen LogP contribution >= 0.6 is 0 Å². The minimum Gasteiger partial charge on any atom is -0.459 e. The maximum Gasteiger partial charge on any atom is 0.287 e. The zero-order valence-corrected chi connectivity index (χ0v) is 10.8. The molecule has 4 atom stereocenters. The smallest absolute Gasteiger partial charge is 0.287 e. The summed E-state index contributed by atoms with van der Waals surface area (Å²) in [4.78, 5) is 11.9. The lowest BCUT2D eigenvalue weighted by atomic mass is 9.73. The second-order valence-corrected chi connectivity index (χ2v) is 5.46. The molecule has 3 nitrogen and oxygen atoms in total. The Hall–Kier alpha value is -1.25. The first-order valence-corrected chi connectivity index (χ1v) is 6.42. The molecule has 1 aromatic rings. The highest BCUT2D eigenvalue weighted by Gasteiger charge is 2.31. The molecule has 0 aliphatic heterocycles. The molecule has 1 aliphatic rings. The summed E-state index contributed by atoms with van der Waals surface area (Å²) in [5.74, 6) is 2.28. The van der Waals surface area contributed by atoms with Gasteiger partial charge in [0.25, 0.3) is 5.91 Å². The quantitative estimate of drug-likeness (QED) is 0.856. The van der Waals surface area contributed by atoms with Crippen LogP contribution in [0.5, 0.6) is 0 Å². The van der Waals surface area contributed by atoms with Gasteiger partial charge in [-0.2, -0.15) is 0 Å². The van der Waals surface area contributed by atoms with Crippen molar-refractivity contribution in [2.75, 3.05) is 0 Å². The number of hydrogen-bond acceptors (Lipinski definition) is 2. The largest absolute Gasteiger partial charge is 0.459 e. The SMILES string of the molecule is CC1CC(C)C(NC(=O)c2ccco2)CC1C. The first kappa shape index (κ1) is 12.2. The molecule has 3 heteroatoms. The lowest BCUT2D eigenvalue weighted by Crippen LogP contribution is -2.44. The molecule has 0 aromatic carbocycles. The molecule has 0 saturated heterocycles. The van der Waals surface area contributed by atoms with Gasteiger partial charge in [0, 0.05) is 6.04 Å². The molecule has 0 bridgehead atoms. The molecule has 0 radical (unpaired) electrons. The third-order valence-corrected chi connectivity index (χ3v) is 4.09. The van der Waals surface area contributed by atoms with E-state index in [0.717, 1.165) is 12.3 Å². The lowest BCUT2D eigenvalue weighted by molar-refractivity contribution is 0.0844. The average molecular weight is 235 g/mol. The summed E-state index contributed by atoms with van der Waals surface area (Å²) in [7, 11) is 0. The minimum absolute atomic E-state index is 0.0893. The van der Waals surface area contributed by atoms with Gasteiger partial charge in [-0.3, -0.25) is 4.79 Å². The number of rotatable bonds is 2. The Bertz CT molecular complexity index is 372. The zero-order chi connectivity index (χ0) is 12.4. The molecular formula is C14H21NO2. The van der Waals surface area contributed by atoms with Gasteiger partial charge in [0.2, 0.25) is 0 Å². The predicted octanol–water partition coefficient (Wildman–Crippen LogP) is 3.08. The number of amides is 1. The maximum atomic E-state index is 11.9. The van der Waals surface area contributed by atoms with Gasteiger partial charge < -0.3 is 9.73 Å². The number of carbonyl (C=O) groups excluding carboxylic acids is 1. The molecule has 0 spiro atoms. The maximum absolute atomic E-state index is 11.9. The Morgan fingerprint density at radius 3 is 2.59 bits per heavy atom. The van der Waals surface area contributed by atoms with Crippen LogP contribution in [-0.4, -0.2) is 11.9 Å². The van der Waals surface area contributed by atoms with E-state index in [1.807, 2.05) is 0 Å². The van der Waals surface area contributed by atoms with E-state index < -0.39 is 0 Å². The second-order valence-electron chi connectivity index (χ2n) is 5.46. The number of furan rings is 1. The van der Waals surface area contributed by atoms with E-state index in [4.69, 9.17) is 4.42 Å². The van der Waals surface area contributed by atoms with Crippen molar-refractivity contribution in [3.63, 3.8) is 0 Å². The Balaban J connectivity index is 1.97. The third kappa shape index (κ3) is 2.71. The zero-order valence-electron chi connectivity index (χ0n) is 10.8. The van der Waals surface area contributed by atoms with Crippen LogP contribution in [0.2, 0.25) is 0 Å². The number of carbonyl (C=O) groups is 1. The topological polar surface area (TPSA) is 42.2 Å². The van der Waals surface area contributed by atoms with Crippen LogP contribution in [0.25, 0.3) is 0 Å².